The van der Waals surface area contributed by atoms with Gasteiger partial charge in [0, 0.05) is 17.8 Å². The van der Waals surface area contributed by atoms with Crippen LogP contribution in [0.1, 0.15) is 46.8 Å². The first-order chi connectivity index (χ1) is 12.7. The van der Waals surface area contributed by atoms with Crippen LogP contribution in [0.4, 0.5) is 5.69 Å². The van der Waals surface area contributed by atoms with Crippen molar-refractivity contribution in [3.8, 4) is 0 Å². The Balaban J connectivity index is 0.00000261. The van der Waals surface area contributed by atoms with Crippen molar-refractivity contribution in [1.82, 2.24) is 5.32 Å². The molecule has 0 spiro atoms. The van der Waals surface area contributed by atoms with Crippen molar-refractivity contribution in [3.63, 3.8) is 0 Å². The van der Waals surface area contributed by atoms with Crippen molar-refractivity contribution in [3.05, 3.63) is 64.7 Å². The molecule has 1 aliphatic rings. The minimum absolute atomic E-state index is 0. The number of aryl methyl sites for hydroxylation is 2. The van der Waals surface area contributed by atoms with E-state index in [2.05, 4.69) is 27.8 Å². The van der Waals surface area contributed by atoms with E-state index in [0.717, 1.165) is 24.1 Å². The molecule has 2 aromatic carbocycles. The fraction of sp³-hybridized carbons (Fsp3) is 0.333. The topological polar surface area (TPSA) is 79.5 Å². The van der Waals surface area contributed by atoms with Gasteiger partial charge in [0.1, 0.15) is 0 Å². The van der Waals surface area contributed by atoms with Crippen molar-refractivity contribution in [2.75, 3.05) is 11.9 Å². The number of nitrogens with two attached hydrogens (primary N) is 1. The van der Waals surface area contributed by atoms with E-state index in [1.807, 2.05) is 37.3 Å². The van der Waals surface area contributed by atoms with Crippen LogP contribution in [0.2, 0.25) is 0 Å². The summed E-state index contributed by atoms with van der Waals surface area (Å²) < 4.78 is 0. The van der Waals surface area contributed by atoms with Gasteiger partial charge in [-0.1, -0.05) is 25.1 Å². The Morgan fingerprint density at radius 2 is 1.96 bits per heavy atom. The second kappa shape index (κ2) is 10.3. The molecular formula is C21H27IN4O. The average Bonchev–Trinajstić information content (AvgIpc) is 3.12. The molecule has 0 atom stereocenters. The maximum atomic E-state index is 12.0. The molecule has 4 N–H and O–H groups in total. The number of carbonyl (C=O) groups excluding carboxylic acids is 1. The smallest absolute Gasteiger partial charge is 0.251 e. The third-order valence-corrected chi connectivity index (χ3v) is 4.53. The van der Waals surface area contributed by atoms with Gasteiger partial charge in [0.15, 0.2) is 5.96 Å². The van der Waals surface area contributed by atoms with Gasteiger partial charge >= 0.3 is 0 Å². The third kappa shape index (κ3) is 5.95. The van der Waals surface area contributed by atoms with Crippen LogP contribution in [-0.2, 0) is 19.4 Å². The molecule has 0 aliphatic heterocycles. The Labute approximate surface area is 177 Å². The van der Waals surface area contributed by atoms with Crippen molar-refractivity contribution in [2.45, 2.75) is 39.2 Å². The number of halogens is 1. The van der Waals surface area contributed by atoms with Gasteiger partial charge < -0.3 is 16.4 Å². The number of anilines is 1. The molecule has 2 aromatic rings. The lowest BCUT2D eigenvalue weighted by molar-refractivity contribution is 0.0953. The lowest BCUT2D eigenvalue weighted by Crippen LogP contribution is -2.24. The van der Waals surface area contributed by atoms with Gasteiger partial charge in [-0.2, -0.15) is 0 Å². The molecule has 5 nitrogen and oxygen atoms in total. The summed E-state index contributed by atoms with van der Waals surface area (Å²) in [5.74, 6) is 0.325. The monoisotopic (exact) mass is 478 g/mol. The van der Waals surface area contributed by atoms with Crippen molar-refractivity contribution in [2.24, 2.45) is 10.7 Å². The second-order valence-corrected chi connectivity index (χ2v) is 6.62. The zero-order valence-electron chi connectivity index (χ0n) is 15.6. The summed E-state index contributed by atoms with van der Waals surface area (Å²) in [6.45, 7) is 3.14. The SMILES string of the molecule is CCCNC(=O)c1cccc(CN=C(N)Nc2ccc3c(c2)CCC3)c1.I. The Hall–Kier alpha value is -2.09. The zero-order chi connectivity index (χ0) is 18.4. The van der Waals surface area contributed by atoms with Crippen LogP contribution in [0.5, 0.6) is 0 Å². The number of nitrogens with one attached hydrogen (secondary N) is 2. The second-order valence-electron chi connectivity index (χ2n) is 6.62. The van der Waals surface area contributed by atoms with Gasteiger partial charge in [-0.15, -0.1) is 24.0 Å². The molecule has 27 heavy (non-hydrogen) atoms. The van der Waals surface area contributed by atoms with E-state index in [-0.39, 0.29) is 29.9 Å². The lowest BCUT2D eigenvalue weighted by Gasteiger charge is -2.08. The molecule has 0 saturated heterocycles. The fourth-order valence-electron chi connectivity index (χ4n) is 3.16. The van der Waals surface area contributed by atoms with E-state index in [4.69, 9.17) is 5.73 Å². The molecule has 0 heterocycles. The molecule has 0 saturated carbocycles. The van der Waals surface area contributed by atoms with E-state index in [1.165, 1.54) is 24.0 Å². The summed E-state index contributed by atoms with van der Waals surface area (Å²) in [4.78, 5) is 16.4. The number of aliphatic imine (C=N–C) groups is 1. The van der Waals surface area contributed by atoms with Crippen molar-refractivity contribution < 1.29 is 4.79 Å². The van der Waals surface area contributed by atoms with Gasteiger partial charge in [-0.25, -0.2) is 4.99 Å². The molecule has 0 bridgehead atoms. The number of rotatable bonds is 6. The molecule has 0 radical (unpaired) electrons. The van der Waals surface area contributed by atoms with E-state index in [0.29, 0.717) is 24.6 Å². The van der Waals surface area contributed by atoms with E-state index in [1.54, 1.807) is 0 Å². The Bertz CT molecular complexity index is 820. The van der Waals surface area contributed by atoms with E-state index < -0.39 is 0 Å². The average molecular weight is 478 g/mol. The molecule has 144 valence electrons. The van der Waals surface area contributed by atoms with Gasteiger partial charge in [-0.3, -0.25) is 4.79 Å². The fourth-order valence-corrected chi connectivity index (χ4v) is 3.16. The van der Waals surface area contributed by atoms with Crippen molar-refractivity contribution >= 4 is 41.5 Å². The van der Waals surface area contributed by atoms with Gasteiger partial charge in [-0.05, 0) is 66.6 Å². The van der Waals surface area contributed by atoms with Crippen LogP contribution >= 0.6 is 24.0 Å². The molecule has 0 unspecified atom stereocenters. The molecule has 1 aliphatic carbocycles. The number of benzene rings is 2. The number of fused-ring (bicyclic) bond motifs is 1. The van der Waals surface area contributed by atoms with Crippen LogP contribution in [0, 0.1) is 0 Å². The molecule has 6 heteroatoms. The molecule has 1 amide bonds. The summed E-state index contributed by atoms with van der Waals surface area (Å²) in [5.41, 5.74) is 11.4. The van der Waals surface area contributed by atoms with Gasteiger partial charge in [0.05, 0.1) is 6.54 Å². The Morgan fingerprint density at radius 1 is 1.15 bits per heavy atom. The van der Waals surface area contributed by atoms with E-state index >= 15 is 0 Å². The maximum absolute atomic E-state index is 12.0. The molecule has 0 fully saturated rings. The highest BCUT2D eigenvalue weighted by atomic mass is 127. The standard InChI is InChI=1S/C21H26N4O.HI/c1-2-11-23-20(26)18-8-3-5-15(12-18)14-24-21(22)25-19-10-9-16-6-4-7-17(16)13-19;/h3,5,8-10,12-13H,2,4,6-7,11,14H2,1H3,(H,23,26)(H3,22,24,25);1H. The minimum atomic E-state index is -0.0538. The predicted octanol–water partition coefficient (Wildman–Crippen LogP) is 3.86. The summed E-state index contributed by atoms with van der Waals surface area (Å²) >= 11 is 0. The summed E-state index contributed by atoms with van der Waals surface area (Å²) in [6.07, 6.45) is 4.45. The number of hydrogen-bond donors (Lipinski definition) is 3. The first kappa shape index (κ1) is 21.2. The third-order valence-electron chi connectivity index (χ3n) is 4.53. The lowest BCUT2D eigenvalue weighted by atomic mass is 10.1. The number of carbonyl (C=O) groups is 1. The van der Waals surface area contributed by atoms with Crippen LogP contribution in [0.15, 0.2) is 47.5 Å². The first-order valence-electron chi connectivity index (χ1n) is 9.21. The van der Waals surface area contributed by atoms with Crippen LogP contribution in [0.25, 0.3) is 0 Å². The van der Waals surface area contributed by atoms with Crippen molar-refractivity contribution in [1.29, 1.82) is 0 Å². The quantitative estimate of drug-likeness (QED) is 0.335. The highest BCUT2D eigenvalue weighted by molar-refractivity contribution is 14.0. The van der Waals surface area contributed by atoms with Crippen LogP contribution in [0.3, 0.4) is 0 Å². The van der Waals surface area contributed by atoms with Crippen LogP contribution < -0.4 is 16.4 Å². The highest BCUT2D eigenvalue weighted by Crippen LogP contribution is 2.24. The van der Waals surface area contributed by atoms with E-state index in [9.17, 15) is 4.79 Å². The first-order valence-corrected chi connectivity index (χ1v) is 9.21. The number of hydrogen-bond acceptors (Lipinski definition) is 2. The predicted molar refractivity (Wildman–Crippen MR) is 122 cm³/mol. The molecule has 3 rings (SSSR count). The normalized spacial score (nSPS) is 12.9. The Kier molecular flexibility index (Phi) is 8.09. The van der Waals surface area contributed by atoms with Crippen LogP contribution in [-0.4, -0.2) is 18.4 Å². The largest absolute Gasteiger partial charge is 0.370 e. The summed E-state index contributed by atoms with van der Waals surface area (Å²) in [7, 11) is 0. The number of amides is 1. The molecular weight excluding hydrogens is 451 g/mol. The zero-order valence-corrected chi connectivity index (χ0v) is 18.0. The maximum Gasteiger partial charge on any atom is 0.251 e. The van der Waals surface area contributed by atoms with Gasteiger partial charge in [0.2, 0.25) is 0 Å². The van der Waals surface area contributed by atoms with Gasteiger partial charge in [0.25, 0.3) is 5.91 Å². The minimum Gasteiger partial charge on any atom is -0.370 e. The number of nitrogens with zero attached hydrogens (tertiary/aromatic N) is 1. The summed E-state index contributed by atoms with van der Waals surface area (Å²) in [6, 6.07) is 13.9. The highest BCUT2D eigenvalue weighted by Gasteiger charge is 2.11. The summed E-state index contributed by atoms with van der Waals surface area (Å²) in [5, 5.41) is 6.04. The molecule has 0 aromatic heterocycles. The Morgan fingerprint density at radius 3 is 2.78 bits per heavy atom. The number of guanidine groups is 1.